The zero-order valence-corrected chi connectivity index (χ0v) is 22.1. The van der Waals surface area contributed by atoms with Crippen molar-refractivity contribution >= 4 is 45.7 Å². The maximum Gasteiger partial charge on any atom is 0.301 e. The number of halogens is 1. The number of Topliss-reactive ketones (excluding diaryl/α,β-unsaturated/α-hetero) is 1. The lowest BCUT2D eigenvalue weighted by molar-refractivity contribution is -0.132. The quantitative estimate of drug-likeness (QED) is 0.0656. The van der Waals surface area contributed by atoms with E-state index in [4.69, 9.17) is 4.74 Å². The molecule has 5 rings (SSSR count). The van der Waals surface area contributed by atoms with Gasteiger partial charge in [0, 0.05) is 11.3 Å². The lowest BCUT2D eigenvalue weighted by Crippen LogP contribution is -2.29. The maximum absolute atomic E-state index is 13.4. The minimum Gasteiger partial charge on any atom is -0.507 e. The Balaban J connectivity index is 1.51. The molecular formula is C29H22FN3O4S2. The molecule has 1 unspecified atom stereocenters. The highest BCUT2D eigenvalue weighted by Crippen LogP contribution is 2.44. The molecule has 0 spiro atoms. The molecular weight excluding hydrogens is 537 g/mol. The zero-order chi connectivity index (χ0) is 27.4. The Morgan fingerprint density at radius 3 is 2.46 bits per heavy atom. The first-order valence-corrected chi connectivity index (χ1v) is 13.7. The van der Waals surface area contributed by atoms with Gasteiger partial charge in [-0.3, -0.25) is 14.5 Å². The molecule has 1 aromatic heterocycles. The summed E-state index contributed by atoms with van der Waals surface area (Å²) in [6, 6.07) is 20.8. The normalized spacial score (nSPS) is 16.4. The van der Waals surface area contributed by atoms with E-state index in [1.165, 1.54) is 28.8 Å². The predicted molar refractivity (Wildman–Crippen MR) is 149 cm³/mol. The number of nitrogens with zero attached hydrogens (tertiary/aromatic N) is 3. The molecule has 0 saturated carbocycles. The Hall–Kier alpha value is -4.28. The van der Waals surface area contributed by atoms with Crippen molar-refractivity contribution in [1.82, 2.24) is 10.2 Å². The molecule has 4 aromatic rings. The fourth-order valence-electron chi connectivity index (χ4n) is 4.08. The van der Waals surface area contributed by atoms with E-state index in [0.29, 0.717) is 33.6 Å². The number of carbonyl (C=O) groups excluding carboxylic acids is 2. The second-order valence-electron chi connectivity index (χ2n) is 8.47. The van der Waals surface area contributed by atoms with Crippen LogP contribution in [0.5, 0.6) is 5.75 Å². The van der Waals surface area contributed by atoms with Crippen LogP contribution in [-0.2, 0) is 15.3 Å². The van der Waals surface area contributed by atoms with Gasteiger partial charge in [0.05, 0.1) is 11.6 Å². The Morgan fingerprint density at radius 2 is 1.77 bits per heavy atom. The summed E-state index contributed by atoms with van der Waals surface area (Å²) < 4.78 is 19.4. The van der Waals surface area contributed by atoms with Crippen molar-refractivity contribution in [1.29, 1.82) is 0 Å². The van der Waals surface area contributed by atoms with E-state index in [1.807, 2.05) is 0 Å². The van der Waals surface area contributed by atoms with Crippen LogP contribution in [0, 0.1) is 5.82 Å². The summed E-state index contributed by atoms with van der Waals surface area (Å²) in [7, 11) is 0. The summed E-state index contributed by atoms with van der Waals surface area (Å²) >= 11 is 2.55. The van der Waals surface area contributed by atoms with Crippen LogP contribution >= 0.6 is 23.1 Å². The van der Waals surface area contributed by atoms with E-state index in [0.717, 1.165) is 16.9 Å². The Bertz CT molecular complexity index is 1540. The first-order valence-electron chi connectivity index (χ1n) is 11.9. The van der Waals surface area contributed by atoms with Gasteiger partial charge in [-0.2, -0.15) is 0 Å². The van der Waals surface area contributed by atoms with Crippen molar-refractivity contribution in [3.8, 4) is 5.75 Å². The average molecular weight is 560 g/mol. The number of hydrogen-bond acceptors (Lipinski definition) is 8. The van der Waals surface area contributed by atoms with Gasteiger partial charge in [0.25, 0.3) is 5.78 Å². The summed E-state index contributed by atoms with van der Waals surface area (Å²) in [5.74, 6) is -1.09. The van der Waals surface area contributed by atoms with Gasteiger partial charge in [0.15, 0.2) is 4.34 Å². The first-order chi connectivity index (χ1) is 19.0. The van der Waals surface area contributed by atoms with Gasteiger partial charge < -0.3 is 9.84 Å². The van der Waals surface area contributed by atoms with E-state index < -0.39 is 17.7 Å². The number of aromatic nitrogens is 2. The van der Waals surface area contributed by atoms with Gasteiger partial charge in [-0.05, 0) is 35.4 Å². The number of aliphatic hydroxyl groups excluding tert-OH is 1. The van der Waals surface area contributed by atoms with Crippen molar-refractivity contribution in [2.24, 2.45) is 0 Å². The molecule has 3 aromatic carbocycles. The number of anilines is 1. The summed E-state index contributed by atoms with van der Waals surface area (Å²) in [5, 5.41) is 19.8. The molecule has 1 fully saturated rings. The lowest BCUT2D eigenvalue weighted by atomic mass is 9.95. The number of ether oxygens (including phenoxy) is 1. The molecule has 1 aliphatic rings. The fraction of sp³-hybridized carbons (Fsp3) is 0.103. The largest absolute Gasteiger partial charge is 0.507 e. The van der Waals surface area contributed by atoms with Gasteiger partial charge in [-0.1, -0.05) is 90.4 Å². The smallest absolute Gasteiger partial charge is 0.301 e. The highest BCUT2D eigenvalue weighted by Gasteiger charge is 2.48. The minimum atomic E-state index is -0.929. The molecule has 39 heavy (non-hydrogen) atoms. The molecule has 1 aliphatic heterocycles. The molecule has 1 saturated heterocycles. The molecule has 0 radical (unpaired) electrons. The number of rotatable bonds is 9. The third-order valence-corrected chi connectivity index (χ3v) is 8.06. The summed E-state index contributed by atoms with van der Waals surface area (Å²) in [6.07, 6.45) is 1.63. The standard InChI is InChI=1S/C29H22FN3O4S2/c1-2-16-37-22-14-10-19(11-15-22)24-23(25(34)20-6-4-3-5-7-20)26(35)27(36)33(24)28-31-32-29(39-28)38-17-18-8-12-21(30)13-9-18/h2-15,24,34H,1,16-17H2/b25-23-. The number of amides is 1. The number of ketones is 1. The summed E-state index contributed by atoms with van der Waals surface area (Å²) in [5.41, 5.74) is 1.87. The second-order valence-corrected chi connectivity index (χ2v) is 10.6. The molecule has 196 valence electrons. The molecule has 7 nitrogen and oxygen atoms in total. The SMILES string of the molecule is C=CCOc1ccc(C2/C(=C(/O)c3ccccc3)C(=O)C(=O)N2c2nnc(SCc3ccc(F)cc3)s2)cc1. The number of hydrogen-bond donors (Lipinski definition) is 1. The monoisotopic (exact) mass is 559 g/mol. The molecule has 0 bridgehead atoms. The van der Waals surface area contributed by atoms with Crippen LogP contribution < -0.4 is 9.64 Å². The second kappa shape index (κ2) is 11.6. The van der Waals surface area contributed by atoms with Crippen LogP contribution in [0.4, 0.5) is 9.52 Å². The number of thioether (sulfide) groups is 1. The summed E-state index contributed by atoms with van der Waals surface area (Å²) in [6.45, 7) is 3.97. The van der Waals surface area contributed by atoms with Crippen LogP contribution in [0.1, 0.15) is 22.7 Å². The third-order valence-electron chi connectivity index (χ3n) is 5.93. The topological polar surface area (TPSA) is 92.6 Å². The molecule has 1 atom stereocenters. The highest BCUT2D eigenvalue weighted by atomic mass is 32.2. The van der Waals surface area contributed by atoms with E-state index in [-0.39, 0.29) is 22.3 Å². The third kappa shape index (κ3) is 5.62. The van der Waals surface area contributed by atoms with Gasteiger partial charge in [-0.25, -0.2) is 4.39 Å². The molecule has 1 amide bonds. The highest BCUT2D eigenvalue weighted by molar-refractivity contribution is 8.00. The van der Waals surface area contributed by atoms with Crippen molar-refractivity contribution in [2.75, 3.05) is 11.5 Å². The van der Waals surface area contributed by atoms with Crippen molar-refractivity contribution in [2.45, 2.75) is 16.1 Å². The van der Waals surface area contributed by atoms with Gasteiger partial charge in [0.2, 0.25) is 5.13 Å². The van der Waals surface area contributed by atoms with E-state index in [1.54, 1.807) is 72.8 Å². The molecule has 1 N–H and O–H groups in total. The van der Waals surface area contributed by atoms with Crippen molar-refractivity contribution in [3.05, 3.63) is 120 Å². The number of aliphatic hydroxyl groups is 1. The Kier molecular flexibility index (Phi) is 7.85. The molecule has 10 heteroatoms. The predicted octanol–water partition coefficient (Wildman–Crippen LogP) is 6.16. The van der Waals surface area contributed by atoms with Gasteiger partial charge in [0.1, 0.15) is 23.9 Å². The molecule has 2 heterocycles. The van der Waals surface area contributed by atoms with Crippen LogP contribution in [0.15, 0.2) is 101 Å². The van der Waals surface area contributed by atoms with Crippen LogP contribution in [0.25, 0.3) is 5.76 Å². The van der Waals surface area contributed by atoms with Crippen LogP contribution in [0.3, 0.4) is 0 Å². The van der Waals surface area contributed by atoms with E-state index >= 15 is 0 Å². The first kappa shape index (κ1) is 26.3. The minimum absolute atomic E-state index is 0.0401. The number of carbonyl (C=O) groups is 2. The van der Waals surface area contributed by atoms with Crippen molar-refractivity contribution in [3.63, 3.8) is 0 Å². The average Bonchev–Trinajstić information content (AvgIpc) is 3.54. The Morgan fingerprint density at radius 1 is 1.05 bits per heavy atom. The van der Waals surface area contributed by atoms with Crippen LogP contribution in [0.2, 0.25) is 0 Å². The lowest BCUT2D eigenvalue weighted by Gasteiger charge is -2.22. The maximum atomic E-state index is 13.4. The van der Waals surface area contributed by atoms with Gasteiger partial charge >= 0.3 is 5.91 Å². The summed E-state index contributed by atoms with van der Waals surface area (Å²) in [4.78, 5) is 27.9. The van der Waals surface area contributed by atoms with E-state index in [9.17, 15) is 19.1 Å². The van der Waals surface area contributed by atoms with E-state index in [2.05, 4.69) is 16.8 Å². The molecule has 0 aliphatic carbocycles. The van der Waals surface area contributed by atoms with Gasteiger partial charge in [-0.15, -0.1) is 10.2 Å². The zero-order valence-electron chi connectivity index (χ0n) is 20.5. The number of benzene rings is 3. The van der Waals surface area contributed by atoms with Crippen molar-refractivity contribution < 1.29 is 23.8 Å². The van der Waals surface area contributed by atoms with Crippen LogP contribution in [-0.4, -0.2) is 33.6 Å². The fourth-order valence-corrected chi connectivity index (χ4v) is 5.91. The Labute approximate surface area is 232 Å².